The Bertz CT molecular complexity index is 1090. The van der Waals surface area contributed by atoms with E-state index in [4.69, 9.17) is 0 Å². The Balaban J connectivity index is 1.64. The second kappa shape index (κ2) is 7.75. The maximum atomic E-state index is 13.2. The minimum absolute atomic E-state index is 0.0104. The summed E-state index contributed by atoms with van der Waals surface area (Å²) in [7, 11) is 0. The third-order valence-corrected chi connectivity index (χ3v) is 6.74. The highest BCUT2D eigenvalue weighted by atomic mass is 32.1. The van der Waals surface area contributed by atoms with Gasteiger partial charge in [-0.25, -0.2) is 4.98 Å². The summed E-state index contributed by atoms with van der Waals surface area (Å²) >= 11 is 1.63. The summed E-state index contributed by atoms with van der Waals surface area (Å²) in [6.07, 6.45) is 5.79. The molecule has 0 atom stereocenters. The van der Waals surface area contributed by atoms with E-state index in [2.05, 4.69) is 4.98 Å². The minimum atomic E-state index is -0.352. The molecule has 0 bridgehead atoms. The third-order valence-electron chi connectivity index (χ3n) is 5.54. The second-order valence-electron chi connectivity index (χ2n) is 8.70. The number of hydrogen-bond acceptors (Lipinski definition) is 4. The zero-order valence-electron chi connectivity index (χ0n) is 17.3. The Kier molecular flexibility index (Phi) is 5.30. The Morgan fingerprint density at radius 3 is 2.62 bits per heavy atom. The third kappa shape index (κ3) is 3.99. The molecule has 1 amide bonds. The van der Waals surface area contributed by atoms with Gasteiger partial charge < -0.3 is 4.90 Å². The van der Waals surface area contributed by atoms with Crippen LogP contribution in [0, 0.1) is 0 Å². The average Bonchev–Trinajstić information content (AvgIpc) is 3.07. The van der Waals surface area contributed by atoms with Crippen LogP contribution in [0.15, 0.2) is 41.5 Å². The highest BCUT2D eigenvalue weighted by Crippen LogP contribution is 2.33. The first-order valence-corrected chi connectivity index (χ1v) is 11.0. The molecule has 0 radical (unpaired) electrons. The Morgan fingerprint density at radius 1 is 1.17 bits per heavy atom. The standard InChI is InChI=1S/C23H27N3O2S/c1-23(2,3)26(13-16-9-5-4-6-10-16)19(27)14-25-15-24-21-20(22(25)28)17-11-7-8-12-18(17)29-21/h4-6,9-10,15H,7-8,11-14H2,1-3H3. The first-order chi connectivity index (χ1) is 13.8. The normalized spacial score (nSPS) is 14.0. The first kappa shape index (κ1) is 19.8. The molecule has 29 heavy (non-hydrogen) atoms. The summed E-state index contributed by atoms with van der Waals surface area (Å²) in [6.45, 7) is 6.59. The molecule has 0 saturated carbocycles. The van der Waals surface area contributed by atoms with Gasteiger partial charge in [0.15, 0.2) is 0 Å². The number of rotatable bonds is 4. The van der Waals surface area contributed by atoms with Crippen molar-refractivity contribution >= 4 is 27.5 Å². The van der Waals surface area contributed by atoms with Crippen molar-refractivity contribution in [1.82, 2.24) is 14.5 Å². The van der Waals surface area contributed by atoms with E-state index in [0.29, 0.717) is 6.54 Å². The van der Waals surface area contributed by atoms with Gasteiger partial charge in [-0.1, -0.05) is 30.3 Å². The lowest BCUT2D eigenvalue weighted by Crippen LogP contribution is -2.47. The van der Waals surface area contributed by atoms with Crippen LogP contribution in [0.25, 0.3) is 10.2 Å². The van der Waals surface area contributed by atoms with Gasteiger partial charge in [-0.05, 0) is 57.6 Å². The van der Waals surface area contributed by atoms with E-state index in [9.17, 15) is 9.59 Å². The number of fused-ring (bicyclic) bond motifs is 3. The summed E-state index contributed by atoms with van der Waals surface area (Å²) in [5.74, 6) is -0.0753. The number of amides is 1. The summed E-state index contributed by atoms with van der Waals surface area (Å²) < 4.78 is 1.48. The fourth-order valence-electron chi connectivity index (χ4n) is 3.99. The number of hydrogen-bond donors (Lipinski definition) is 0. The minimum Gasteiger partial charge on any atom is -0.332 e. The van der Waals surface area contributed by atoms with Crippen LogP contribution in [0.3, 0.4) is 0 Å². The van der Waals surface area contributed by atoms with Crippen LogP contribution in [0.1, 0.15) is 49.6 Å². The molecule has 3 aromatic rings. The summed E-state index contributed by atoms with van der Waals surface area (Å²) in [5, 5.41) is 0.727. The fourth-order valence-corrected chi connectivity index (χ4v) is 5.21. The molecule has 2 aromatic heterocycles. The number of benzene rings is 1. The van der Waals surface area contributed by atoms with Crippen molar-refractivity contribution in [3.8, 4) is 0 Å². The number of nitrogens with zero attached hydrogens (tertiary/aromatic N) is 3. The van der Waals surface area contributed by atoms with Crippen molar-refractivity contribution in [2.45, 2.75) is 65.1 Å². The van der Waals surface area contributed by atoms with Crippen molar-refractivity contribution in [3.63, 3.8) is 0 Å². The van der Waals surface area contributed by atoms with E-state index >= 15 is 0 Å². The van der Waals surface area contributed by atoms with Gasteiger partial charge in [-0.3, -0.25) is 14.2 Å². The van der Waals surface area contributed by atoms with Gasteiger partial charge in [0.05, 0.1) is 11.7 Å². The molecule has 5 nitrogen and oxygen atoms in total. The molecule has 152 valence electrons. The molecule has 4 rings (SSSR count). The van der Waals surface area contributed by atoms with Crippen LogP contribution in [0.4, 0.5) is 0 Å². The molecule has 2 heterocycles. The number of aromatic nitrogens is 2. The molecule has 0 unspecified atom stereocenters. The number of carbonyl (C=O) groups is 1. The molecular formula is C23H27N3O2S. The predicted octanol–water partition coefficient (Wildman–Crippen LogP) is 4.16. The van der Waals surface area contributed by atoms with Crippen LogP contribution in [-0.2, 0) is 30.7 Å². The zero-order valence-corrected chi connectivity index (χ0v) is 18.1. The van der Waals surface area contributed by atoms with Crippen LogP contribution in [-0.4, -0.2) is 25.9 Å². The van der Waals surface area contributed by atoms with Gasteiger partial charge >= 0.3 is 0 Å². The molecule has 1 aliphatic carbocycles. The fraction of sp³-hybridized carbons (Fsp3) is 0.435. The monoisotopic (exact) mass is 409 g/mol. The predicted molar refractivity (Wildman–Crippen MR) is 117 cm³/mol. The van der Waals surface area contributed by atoms with E-state index in [1.165, 1.54) is 22.2 Å². The van der Waals surface area contributed by atoms with Crippen molar-refractivity contribution in [2.24, 2.45) is 0 Å². The number of carbonyl (C=O) groups excluding carboxylic acids is 1. The van der Waals surface area contributed by atoms with Crippen molar-refractivity contribution in [2.75, 3.05) is 0 Å². The van der Waals surface area contributed by atoms with Crippen LogP contribution < -0.4 is 5.56 Å². The second-order valence-corrected chi connectivity index (χ2v) is 9.79. The van der Waals surface area contributed by atoms with Gasteiger partial charge in [0.25, 0.3) is 5.56 Å². The summed E-state index contributed by atoms with van der Waals surface area (Å²) in [5.41, 5.74) is 1.79. The van der Waals surface area contributed by atoms with Crippen LogP contribution in [0.5, 0.6) is 0 Å². The summed E-state index contributed by atoms with van der Waals surface area (Å²) in [4.78, 5) is 34.9. The highest BCUT2D eigenvalue weighted by Gasteiger charge is 2.27. The molecule has 0 spiro atoms. The number of aryl methyl sites for hydroxylation is 2. The first-order valence-electron chi connectivity index (χ1n) is 10.2. The van der Waals surface area contributed by atoms with E-state index in [1.807, 2.05) is 56.0 Å². The molecule has 0 N–H and O–H groups in total. The Hall–Kier alpha value is -2.47. The van der Waals surface area contributed by atoms with Gasteiger partial charge in [0, 0.05) is 17.0 Å². The molecular weight excluding hydrogens is 382 g/mol. The van der Waals surface area contributed by atoms with E-state index in [-0.39, 0.29) is 23.6 Å². The Morgan fingerprint density at radius 2 is 1.90 bits per heavy atom. The quantitative estimate of drug-likeness (QED) is 0.650. The molecule has 0 fully saturated rings. The Labute approximate surface area is 175 Å². The van der Waals surface area contributed by atoms with Crippen LogP contribution >= 0.6 is 11.3 Å². The van der Waals surface area contributed by atoms with E-state index in [1.54, 1.807) is 11.3 Å². The summed E-state index contributed by atoms with van der Waals surface area (Å²) in [6, 6.07) is 9.95. The van der Waals surface area contributed by atoms with Crippen molar-refractivity contribution in [1.29, 1.82) is 0 Å². The van der Waals surface area contributed by atoms with Gasteiger partial charge in [0.1, 0.15) is 11.4 Å². The molecule has 1 aliphatic rings. The topological polar surface area (TPSA) is 55.2 Å². The largest absolute Gasteiger partial charge is 0.332 e. The van der Waals surface area contributed by atoms with Gasteiger partial charge in [-0.2, -0.15) is 0 Å². The lowest BCUT2D eigenvalue weighted by Gasteiger charge is -2.36. The van der Waals surface area contributed by atoms with Crippen LogP contribution in [0.2, 0.25) is 0 Å². The van der Waals surface area contributed by atoms with Gasteiger partial charge in [-0.15, -0.1) is 11.3 Å². The van der Waals surface area contributed by atoms with E-state index < -0.39 is 0 Å². The average molecular weight is 410 g/mol. The van der Waals surface area contributed by atoms with Crippen molar-refractivity contribution < 1.29 is 4.79 Å². The maximum absolute atomic E-state index is 13.2. The molecule has 6 heteroatoms. The molecule has 0 aliphatic heterocycles. The number of thiophene rings is 1. The molecule has 1 aromatic carbocycles. The maximum Gasteiger partial charge on any atom is 0.262 e. The van der Waals surface area contributed by atoms with E-state index in [0.717, 1.165) is 40.6 Å². The lowest BCUT2D eigenvalue weighted by molar-refractivity contribution is -0.137. The zero-order chi connectivity index (χ0) is 20.6. The van der Waals surface area contributed by atoms with Crippen molar-refractivity contribution in [3.05, 3.63) is 63.0 Å². The lowest BCUT2D eigenvalue weighted by atomic mass is 9.97. The highest BCUT2D eigenvalue weighted by molar-refractivity contribution is 7.18. The van der Waals surface area contributed by atoms with Gasteiger partial charge in [0.2, 0.25) is 5.91 Å². The smallest absolute Gasteiger partial charge is 0.262 e. The molecule has 0 saturated heterocycles. The SMILES string of the molecule is CC(C)(C)N(Cc1ccccc1)C(=O)Cn1cnc2sc3c(c2c1=O)CCCC3.